The molecule has 0 radical (unpaired) electrons. The molecule has 0 aliphatic heterocycles. The van der Waals surface area contributed by atoms with Gasteiger partial charge >= 0.3 is 0 Å². The smallest absolute Gasteiger partial charge is 0.287 e. The average molecular weight is 320 g/mol. The van der Waals surface area contributed by atoms with Crippen LogP contribution in [-0.2, 0) is 6.54 Å². The molecule has 0 unspecified atom stereocenters. The van der Waals surface area contributed by atoms with Crippen LogP contribution in [0.2, 0.25) is 5.02 Å². The van der Waals surface area contributed by atoms with Gasteiger partial charge in [-0.25, -0.2) is 0 Å². The Kier molecular flexibility index (Phi) is 4.76. The van der Waals surface area contributed by atoms with E-state index in [1.807, 2.05) is 0 Å². The van der Waals surface area contributed by atoms with Gasteiger partial charge in [0.25, 0.3) is 11.2 Å². The Morgan fingerprint density at radius 2 is 2.05 bits per heavy atom. The molecule has 0 aliphatic rings. The molecule has 1 aromatic carbocycles. The van der Waals surface area contributed by atoms with Crippen LogP contribution in [0.3, 0.4) is 0 Å². The molecule has 1 heterocycles. The fourth-order valence-corrected chi connectivity index (χ4v) is 1.88. The second kappa shape index (κ2) is 6.74. The van der Waals surface area contributed by atoms with Crippen molar-refractivity contribution in [1.82, 2.24) is 4.57 Å². The summed E-state index contributed by atoms with van der Waals surface area (Å²) in [4.78, 5) is 22.0. The van der Waals surface area contributed by atoms with E-state index in [2.05, 4.69) is 0 Å². The van der Waals surface area contributed by atoms with Crippen LogP contribution in [0.1, 0.15) is 5.56 Å². The third-order valence-corrected chi connectivity index (χ3v) is 3.07. The van der Waals surface area contributed by atoms with E-state index >= 15 is 0 Å². The minimum absolute atomic E-state index is 0.0812. The number of nitrogens with zero attached hydrogens (tertiary/aromatic N) is 3. The Morgan fingerprint density at radius 3 is 2.64 bits per heavy atom. The zero-order valence-corrected chi connectivity index (χ0v) is 12.0. The van der Waals surface area contributed by atoms with Gasteiger partial charge in [-0.15, -0.1) is 0 Å². The summed E-state index contributed by atoms with van der Waals surface area (Å²) in [5.41, 5.74) is -1.18. The van der Waals surface area contributed by atoms with E-state index in [1.165, 1.54) is 0 Å². The van der Waals surface area contributed by atoms with E-state index in [-0.39, 0.29) is 24.4 Å². The second-order valence-corrected chi connectivity index (χ2v) is 4.72. The molecule has 8 heteroatoms. The Balaban J connectivity index is 2.14. The first-order chi connectivity index (χ1) is 10.5. The summed E-state index contributed by atoms with van der Waals surface area (Å²) in [7, 11) is 0. The van der Waals surface area contributed by atoms with E-state index < -0.39 is 10.5 Å². The van der Waals surface area contributed by atoms with Crippen LogP contribution >= 0.6 is 11.6 Å². The van der Waals surface area contributed by atoms with E-state index in [1.54, 1.807) is 30.3 Å². The van der Waals surface area contributed by atoms with Crippen molar-refractivity contribution in [3.05, 3.63) is 67.6 Å². The Hall–Kier alpha value is -2.85. The Morgan fingerprint density at radius 1 is 1.36 bits per heavy atom. The summed E-state index contributed by atoms with van der Waals surface area (Å²) < 4.78 is 6.51. The quantitative estimate of drug-likeness (QED) is 0.622. The highest BCUT2D eigenvalue weighted by Crippen LogP contribution is 2.15. The monoisotopic (exact) mass is 319 g/mol. The first-order valence-electron chi connectivity index (χ1n) is 6.18. The number of pyridine rings is 1. The molecule has 2 aromatic rings. The van der Waals surface area contributed by atoms with Gasteiger partial charge in [0.15, 0.2) is 0 Å². The van der Waals surface area contributed by atoms with Crippen LogP contribution in [0, 0.1) is 21.4 Å². The number of nitriles is 1. The van der Waals surface area contributed by atoms with Gasteiger partial charge in [0, 0.05) is 11.1 Å². The van der Waals surface area contributed by atoms with Crippen LogP contribution in [0.15, 0.2) is 41.3 Å². The minimum Gasteiger partial charge on any atom is -0.492 e. The minimum atomic E-state index is -0.656. The van der Waals surface area contributed by atoms with Gasteiger partial charge in [0.05, 0.1) is 17.7 Å². The van der Waals surface area contributed by atoms with Crippen LogP contribution in [0.5, 0.6) is 5.75 Å². The average Bonchev–Trinajstić information content (AvgIpc) is 2.50. The molecular weight excluding hydrogens is 310 g/mol. The molecule has 0 saturated heterocycles. The third-order valence-electron chi connectivity index (χ3n) is 2.82. The van der Waals surface area contributed by atoms with Gasteiger partial charge in [-0.2, -0.15) is 5.26 Å². The van der Waals surface area contributed by atoms with Gasteiger partial charge in [-0.05, 0) is 24.3 Å². The topological polar surface area (TPSA) is 98.2 Å². The predicted octanol–water partition coefficient (Wildman–Crippen LogP) is 2.36. The highest BCUT2D eigenvalue weighted by Gasteiger charge is 2.13. The Labute approximate surface area is 130 Å². The summed E-state index contributed by atoms with van der Waals surface area (Å²) in [5, 5.41) is 20.2. The number of hydrogen-bond acceptors (Lipinski definition) is 5. The van der Waals surface area contributed by atoms with Gasteiger partial charge < -0.3 is 9.30 Å². The summed E-state index contributed by atoms with van der Waals surface area (Å²) >= 11 is 5.75. The highest BCUT2D eigenvalue weighted by atomic mass is 35.5. The molecule has 0 atom stereocenters. The first kappa shape index (κ1) is 15.5. The van der Waals surface area contributed by atoms with E-state index in [0.717, 1.165) is 16.8 Å². The molecule has 0 saturated carbocycles. The van der Waals surface area contributed by atoms with Gasteiger partial charge in [-0.3, -0.25) is 14.9 Å². The largest absolute Gasteiger partial charge is 0.492 e. The Bertz CT molecular complexity index is 793. The molecular formula is C14H10ClN3O4. The van der Waals surface area contributed by atoms with Crippen molar-refractivity contribution in [2.75, 3.05) is 6.61 Å². The molecule has 7 nitrogen and oxygen atoms in total. The normalized spacial score (nSPS) is 10.0. The van der Waals surface area contributed by atoms with Crippen molar-refractivity contribution in [2.45, 2.75) is 6.54 Å². The first-order valence-corrected chi connectivity index (χ1v) is 6.56. The van der Waals surface area contributed by atoms with Crippen LogP contribution < -0.4 is 10.3 Å². The van der Waals surface area contributed by atoms with Crippen molar-refractivity contribution < 1.29 is 9.66 Å². The zero-order valence-electron chi connectivity index (χ0n) is 11.2. The van der Waals surface area contributed by atoms with Crippen molar-refractivity contribution in [3.8, 4) is 11.8 Å². The summed E-state index contributed by atoms with van der Waals surface area (Å²) in [6.45, 7) is 0.200. The maximum absolute atomic E-state index is 11.9. The second-order valence-electron chi connectivity index (χ2n) is 4.28. The maximum Gasteiger partial charge on any atom is 0.287 e. The van der Waals surface area contributed by atoms with E-state index in [9.17, 15) is 14.9 Å². The van der Waals surface area contributed by atoms with Crippen molar-refractivity contribution in [2.24, 2.45) is 0 Å². The number of halogens is 1. The molecule has 22 heavy (non-hydrogen) atoms. The standard InChI is InChI=1S/C14H10ClN3O4/c15-11-1-3-13(4-2-11)22-6-5-17-9-12(18(20)21)7-10(8-16)14(17)19/h1-4,7,9H,5-6H2. The number of hydrogen-bond donors (Lipinski definition) is 0. The molecule has 112 valence electrons. The van der Waals surface area contributed by atoms with E-state index in [4.69, 9.17) is 21.6 Å². The summed E-state index contributed by atoms with van der Waals surface area (Å²) in [6, 6.07) is 9.25. The van der Waals surface area contributed by atoms with Gasteiger partial charge in [-0.1, -0.05) is 11.6 Å². The number of rotatable bonds is 5. The molecule has 0 bridgehead atoms. The highest BCUT2D eigenvalue weighted by molar-refractivity contribution is 6.30. The molecule has 1 aromatic heterocycles. The lowest BCUT2D eigenvalue weighted by atomic mass is 10.2. The van der Waals surface area contributed by atoms with Gasteiger partial charge in [0.2, 0.25) is 0 Å². The lowest BCUT2D eigenvalue weighted by Gasteiger charge is -2.08. The van der Waals surface area contributed by atoms with Crippen LogP contribution in [-0.4, -0.2) is 16.1 Å². The van der Waals surface area contributed by atoms with E-state index in [0.29, 0.717) is 10.8 Å². The van der Waals surface area contributed by atoms with Crippen molar-refractivity contribution >= 4 is 17.3 Å². The fourth-order valence-electron chi connectivity index (χ4n) is 1.76. The fraction of sp³-hybridized carbons (Fsp3) is 0.143. The predicted molar refractivity (Wildman–Crippen MR) is 79.0 cm³/mol. The molecule has 0 N–H and O–H groups in total. The summed E-state index contributed by atoms with van der Waals surface area (Å²) in [5.74, 6) is 0.559. The molecule has 0 fully saturated rings. The number of aromatic nitrogens is 1. The van der Waals surface area contributed by atoms with Crippen molar-refractivity contribution in [1.29, 1.82) is 5.26 Å². The van der Waals surface area contributed by atoms with Gasteiger partial charge in [0.1, 0.15) is 24.0 Å². The number of benzene rings is 1. The molecule has 0 spiro atoms. The zero-order chi connectivity index (χ0) is 16.1. The lowest BCUT2D eigenvalue weighted by molar-refractivity contribution is -0.385. The van der Waals surface area contributed by atoms with Crippen LogP contribution in [0.25, 0.3) is 0 Å². The molecule has 0 amide bonds. The van der Waals surface area contributed by atoms with Crippen molar-refractivity contribution in [3.63, 3.8) is 0 Å². The van der Waals surface area contributed by atoms with Crippen LogP contribution in [0.4, 0.5) is 5.69 Å². The molecule has 0 aliphatic carbocycles. The molecule has 2 rings (SSSR count). The number of ether oxygens (including phenoxy) is 1. The maximum atomic E-state index is 11.9. The number of nitro groups is 1. The lowest BCUT2D eigenvalue weighted by Crippen LogP contribution is -2.25. The SMILES string of the molecule is N#Cc1cc([N+](=O)[O-])cn(CCOc2ccc(Cl)cc2)c1=O. The summed E-state index contributed by atoms with van der Waals surface area (Å²) in [6.07, 6.45) is 1.09. The third kappa shape index (κ3) is 3.62.